The van der Waals surface area contributed by atoms with Crippen LogP contribution in [-0.4, -0.2) is 63.3 Å². The normalized spacial score (nSPS) is 14.3. The van der Waals surface area contributed by atoms with Gasteiger partial charge in [-0.05, 0) is 44.5 Å². The van der Waals surface area contributed by atoms with Crippen LogP contribution in [0.25, 0.3) is 5.69 Å². The SMILES string of the molecule is CCNC(=NCc1ccccc1-n1nc(C)cc1C)N1CCN(c2ncccn2)CC1.I. The number of piperazine rings is 1. The standard InChI is InChI=1S/C23H30N8.HI/c1-4-24-22(29-12-14-30(15-13-29)23-25-10-7-11-26-23)27-17-20-8-5-6-9-21(20)31-19(3)16-18(2)28-31;/h5-11,16H,4,12-15,17H2,1-3H3,(H,24,27);1H. The Kier molecular flexibility index (Phi) is 8.43. The minimum atomic E-state index is 0. The van der Waals surface area contributed by atoms with E-state index in [4.69, 9.17) is 4.99 Å². The molecule has 1 aromatic carbocycles. The number of nitrogens with zero attached hydrogens (tertiary/aromatic N) is 7. The molecule has 0 saturated carbocycles. The summed E-state index contributed by atoms with van der Waals surface area (Å²) in [6.07, 6.45) is 3.58. The Balaban J connectivity index is 0.00000289. The first-order valence-electron chi connectivity index (χ1n) is 10.8. The molecule has 1 N–H and O–H groups in total. The summed E-state index contributed by atoms with van der Waals surface area (Å²) in [6, 6.07) is 12.3. The molecule has 0 aliphatic carbocycles. The highest BCUT2D eigenvalue weighted by Crippen LogP contribution is 2.18. The second-order valence-corrected chi connectivity index (χ2v) is 7.66. The molecule has 32 heavy (non-hydrogen) atoms. The molecule has 1 fully saturated rings. The first-order valence-corrected chi connectivity index (χ1v) is 10.8. The maximum absolute atomic E-state index is 4.97. The van der Waals surface area contributed by atoms with Gasteiger partial charge in [-0.1, -0.05) is 18.2 Å². The Bertz CT molecular complexity index is 1030. The third kappa shape index (κ3) is 5.56. The lowest BCUT2D eigenvalue weighted by atomic mass is 10.2. The third-order valence-corrected chi connectivity index (χ3v) is 5.38. The second kappa shape index (κ2) is 11.3. The van der Waals surface area contributed by atoms with Crippen molar-refractivity contribution in [3.05, 3.63) is 65.7 Å². The van der Waals surface area contributed by atoms with Crippen molar-refractivity contribution in [1.82, 2.24) is 30.0 Å². The van der Waals surface area contributed by atoms with E-state index in [1.807, 2.05) is 17.7 Å². The van der Waals surface area contributed by atoms with Gasteiger partial charge in [0.1, 0.15) is 0 Å². The van der Waals surface area contributed by atoms with Gasteiger partial charge in [0.2, 0.25) is 5.95 Å². The van der Waals surface area contributed by atoms with Gasteiger partial charge in [0.05, 0.1) is 17.9 Å². The summed E-state index contributed by atoms with van der Waals surface area (Å²) in [7, 11) is 0. The highest BCUT2D eigenvalue weighted by Gasteiger charge is 2.21. The van der Waals surface area contributed by atoms with E-state index in [-0.39, 0.29) is 24.0 Å². The number of hydrogen-bond donors (Lipinski definition) is 1. The summed E-state index contributed by atoms with van der Waals surface area (Å²) in [5.74, 6) is 1.74. The molecule has 1 aliphatic rings. The fourth-order valence-electron chi connectivity index (χ4n) is 3.88. The Hall–Kier alpha value is -2.69. The minimum Gasteiger partial charge on any atom is -0.357 e. The molecular weight excluding hydrogens is 515 g/mol. The topological polar surface area (TPSA) is 74.5 Å². The molecule has 9 heteroatoms. The molecule has 0 bridgehead atoms. The number of anilines is 1. The van der Waals surface area contributed by atoms with E-state index in [0.717, 1.165) is 67.3 Å². The van der Waals surface area contributed by atoms with Gasteiger partial charge in [-0.2, -0.15) is 5.10 Å². The summed E-state index contributed by atoms with van der Waals surface area (Å²) < 4.78 is 2.01. The lowest BCUT2D eigenvalue weighted by molar-refractivity contribution is 0.370. The van der Waals surface area contributed by atoms with Crippen LogP contribution in [0.15, 0.2) is 53.8 Å². The average Bonchev–Trinajstić information content (AvgIpc) is 3.15. The summed E-state index contributed by atoms with van der Waals surface area (Å²) in [6.45, 7) is 11.1. The fraction of sp³-hybridized carbons (Fsp3) is 0.391. The van der Waals surface area contributed by atoms with Gasteiger partial charge in [0.15, 0.2) is 5.96 Å². The van der Waals surface area contributed by atoms with Crippen molar-refractivity contribution in [2.45, 2.75) is 27.3 Å². The molecule has 170 valence electrons. The van der Waals surface area contributed by atoms with Gasteiger partial charge < -0.3 is 15.1 Å². The largest absolute Gasteiger partial charge is 0.357 e. The van der Waals surface area contributed by atoms with Gasteiger partial charge in [0, 0.05) is 50.8 Å². The number of aryl methyl sites for hydroxylation is 2. The van der Waals surface area contributed by atoms with E-state index < -0.39 is 0 Å². The first kappa shape index (κ1) is 24.0. The number of aliphatic imine (C=N–C) groups is 1. The molecule has 0 atom stereocenters. The Morgan fingerprint density at radius 3 is 2.41 bits per heavy atom. The molecule has 0 spiro atoms. The van der Waals surface area contributed by atoms with E-state index >= 15 is 0 Å². The number of halogens is 1. The number of para-hydroxylation sites is 1. The van der Waals surface area contributed by atoms with Crippen LogP contribution in [0.4, 0.5) is 5.95 Å². The predicted molar refractivity (Wildman–Crippen MR) is 139 cm³/mol. The smallest absolute Gasteiger partial charge is 0.225 e. The van der Waals surface area contributed by atoms with Gasteiger partial charge in [-0.3, -0.25) is 0 Å². The van der Waals surface area contributed by atoms with Gasteiger partial charge in [-0.15, -0.1) is 24.0 Å². The van der Waals surface area contributed by atoms with E-state index in [2.05, 4.69) is 74.4 Å². The van der Waals surface area contributed by atoms with E-state index in [9.17, 15) is 0 Å². The number of benzene rings is 1. The number of nitrogens with one attached hydrogen (secondary N) is 1. The van der Waals surface area contributed by atoms with Crippen molar-refractivity contribution >= 4 is 35.9 Å². The highest BCUT2D eigenvalue weighted by atomic mass is 127. The number of aromatic nitrogens is 4. The second-order valence-electron chi connectivity index (χ2n) is 7.66. The molecule has 3 heterocycles. The Labute approximate surface area is 206 Å². The van der Waals surface area contributed by atoms with E-state index in [1.165, 1.54) is 0 Å². The molecule has 1 saturated heterocycles. The van der Waals surface area contributed by atoms with Crippen LogP contribution in [0.1, 0.15) is 23.9 Å². The molecule has 4 rings (SSSR count). The van der Waals surface area contributed by atoms with Gasteiger partial charge in [0.25, 0.3) is 0 Å². The van der Waals surface area contributed by atoms with Crippen LogP contribution in [0.3, 0.4) is 0 Å². The van der Waals surface area contributed by atoms with Crippen LogP contribution in [0.5, 0.6) is 0 Å². The molecule has 3 aromatic rings. The quantitative estimate of drug-likeness (QED) is 0.301. The lowest BCUT2D eigenvalue weighted by Crippen LogP contribution is -2.53. The monoisotopic (exact) mass is 546 g/mol. The van der Waals surface area contributed by atoms with Gasteiger partial charge in [-0.25, -0.2) is 19.6 Å². The van der Waals surface area contributed by atoms with Crippen molar-refractivity contribution in [2.75, 3.05) is 37.6 Å². The van der Waals surface area contributed by atoms with Crippen molar-refractivity contribution in [3.63, 3.8) is 0 Å². The van der Waals surface area contributed by atoms with Crippen LogP contribution in [0.2, 0.25) is 0 Å². The van der Waals surface area contributed by atoms with Crippen LogP contribution >= 0.6 is 24.0 Å². The first-order chi connectivity index (χ1) is 15.2. The Morgan fingerprint density at radius 1 is 1.03 bits per heavy atom. The zero-order chi connectivity index (χ0) is 21.6. The third-order valence-electron chi connectivity index (χ3n) is 5.38. The summed E-state index contributed by atoms with van der Waals surface area (Å²) in [4.78, 5) is 18.3. The molecular formula is C23H31IN8. The minimum absolute atomic E-state index is 0. The summed E-state index contributed by atoms with van der Waals surface area (Å²) >= 11 is 0. The molecule has 2 aromatic heterocycles. The zero-order valence-electron chi connectivity index (χ0n) is 18.9. The number of hydrogen-bond acceptors (Lipinski definition) is 5. The van der Waals surface area contributed by atoms with E-state index in [0.29, 0.717) is 6.54 Å². The van der Waals surface area contributed by atoms with Gasteiger partial charge >= 0.3 is 0 Å². The number of rotatable bonds is 5. The maximum atomic E-state index is 4.97. The molecule has 0 unspecified atom stereocenters. The van der Waals surface area contributed by atoms with Crippen molar-refractivity contribution in [1.29, 1.82) is 0 Å². The maximum Gasteiger partial charge on any atom is 0.225 e. The fourth-order valence-corrected chi connectivity index (χ4v) is 3.88. The Morgan fingerprint density at radius 2 is 1.75 bits per heavy atom. The molecule has 1 aliphatic heterocycles. The zero-order valence-corrected chi connectivity index (χ0v) is 21.2. The van der Waals surface area contributed by atoms with E-state index in [1.54, 1.807) is 12.4 Å². The average molecular weight is 546 g/mol. The predicted octanol–water partition coefficient (Wildman–Crippen LogP) is 3.18. The number of guanidine groups is 1. The molecule has 0 amide bonds. The van der Waals surface area contributed by atoms with Crippen LogP contribution in [-0.2, 0) is 6.54 Å². The van der Waals surface area contributed by atoms with Crippen molar-refractivity contribution in [2.24, 2.45) is 4.99 Å². The summed E-state index contributed by atoms with van der Waals surface area (Å²) in [5, 5.41) is 8.11. The summed E-state index contributed by atoms with van der Waals surface area (Å²) in [5.41, 5.74) is 4.38. The van der Waals surface area contributed by atoms with Crippen LogP contribution in [0, 0.1) is 13.8 Å². The highest BCUT2D eigenvalue weighted by molar-refractivity contribution is 14.0. The molecule has 8 nitrogen and oxygen atoms in total. The van der Waals surface area contributed by atoms with Crippen molar-refractivity contribution < 1.29 is 0 Å². The molecule has 0 radical (unpaired) electrons. The lowest BCUT2D eigenvalue weighted by Gasteiger charge is -2.36. The van der Waals surface area contributed by atoms with Crippen LogP contribution < -0.4 is 10.2 Å². The van der Waals surface area contributed by atoms with Crippen molar-refractivity contribution in [3.8, 4) is 5.69 Å².